The smallest absolute Gasteiger partial charge is 0.282 e. The van der Waals surface area contributed by atoms with Crippen molar-refractivity contribution >= 4 is 61.9 Å². The third kappa shape index (κ3) is 8.55. The van der Waals surface area contributed by atoms with E-state index >= 15 is 0 Å². The van der Waals surface area contributed by atoms with Gasteiger partial charge >= 0.3 is 0 Å². The first-order valence-electron chi connectivity index (χ1n) is 10.1. The van der Waals surface area contributed by atoms with Gasteiger partial charge in [-0.1, -0.05) is 115 Å². The normalized spacial score (nSPS) is 11.3. The quantitative estimate of drug-likeness (QED) is 0.211. The summed E-state index contributed by atoms with van der Waals surface area (Å²) in [5.41, 5.74) is 2.85. The number of hydrogen-bond acceptors (Lipinski definition) is 4. The molecule has 4 aromatic rings. The molecule has 0 saturated heterocycles. The minimum Gasteiger partial charge on any atom is -0.282 e. The Balaban J connectivity index is 0.000000254. The van der Waals surface area contributed by atoms with Crippen molar-refractivity contribution in [2.45, 2.75) is 9.79 Å². The molecule has 0 aliphatic heterocycles. The van der Waals surface area contributed by atoms with E-state index in [1.165, 1.54) is 23.3 Å². The largest absolute Gasteiger partial charge is 0.296 e. The molecule has 1 radical (unpaired) electrons. The van der Waals surface area contributed by atoms with Gasteiger partial charge in [-0.2, -0.15) is 16.8 Å². The van der Waals surface area contributed by atoms with Gasteiger partial charge in [0.1, 0.15) is 9.79 Å². The maximum atomic E-state index is 11.5. The van der Waals surface area contributed by atoms with Crippen LogP contribution in [0.15, 0.2) is 119 Å². The first kappa shape index (κ1) is 28.7. The van der Waals surface area contributed by atoms with E-state index in [4.69, 9.17) is 4.55 Å². The Kier molecular flexibility index (Phi) is 10.6. The molecule has 0 aliphatic rings. The summed E-state index contributed by atoms with van der Waals surface area (Å²) in [7, 11) is -9.62. The molecule has 0 aromatic heterocycles. The summed E-state index contributed by atoms with van der Waals surface area (Å²) in [6, 6.07) is 32.2. The van der Waals surface area contributed by atoms with E-state index < -0.39 is 30.0 Å². The van der Waals surface area contributed by atoms with Crippen molar-refractivity contribution in [2.24, 2.45) is 0 Å². The Bertz CT molecular complexity index is 1430. The molecule has 0 aliphatic carbocycles. The fraction of sp³-hybridized carbons (Fsp3) is 0. The molecule has 0 fully saturated rings. The van der Waals surface area contributed by atoms with E-state index in [0.29, 0.717) is 5.56 Å². The van der Waals surface area contributed by atoms with Gasteiger partial charge in [-0.3, -0.25) is 9.11 Å². The van der Waals surface area contributed by atoms with Crippen molar-refractivity contribution in [1.29, 1.82) is 0 Å². The summed E-state index contributed by atoms with van der Waals surface area (Å²) in [6.07, 6.45) is 4.24. The van der Waals surface area contributed by atoms with Crippen LogP contribution in [0, 0.1) is 0 Å². The van der Waals surface area contributed by atoms with Crippen LogP contribution in [-0.4, -0.2) is 55.5 Å². The first-order chi connectivity index (χ1) is 16.2. The van der Waals surface area contributed by atoms with E-state index in [9.17, 15) is 21.4 Å². The van der Waals surface area contributed by atoms with Crippen LogP contribution in [0.4, 0.5) is 0 Å². The van der Waals surface area contributed by atoms with Gasteiger partial charge in [-0.15, -0.1) is 0 Å². The van der Waals surface area contributed by atoms with Crippen molar-refractivity contribution < 1.29 is 25.9 Å². The molecule has 0 bridgehead atoms. The third-order valence-corrected chi connectivity index (χ3v) is 6.65. The summed E-state index contributed by atoms with van der Waals surface area (Å²) in [4.78, 5) is -1.70. The molecule has 0 spiro atoms. The van der Waals surface area contributed by atoms with Crippen LogP contribution >= 0.6 is 0 Å². The first-order valence-corrected chi connectivity index (χ1v) is 13.0. The molecule has 9 heteroatoms. The fourth-order valence-electron chi connectivity index (χ4n) is 3.15. The Morgan fingerprint density at radius 1 is 0.514 bits per heavy atom. The summed E-state index contributed by atoms with van der Waals surface area (Å²) < 4.78 is 63.9. The minimum atomic E-state index is -4.83. The van der Waals surface area contributed by atoms with Gasteiger partial charge in [-0.05, 0) is 22.8 Å². The summed E-state index contributed by atoms with van der Waals surface area (Å²) in [5, 5.41) is 0. The third-order valence-electron chi connectivity index (χ3n) is 4.67. The van der Waals surface area contributed by atoms with E-state index in [-0.39, 0.29) is 35.1 Å². The SMILES string of the molecule is C(=Cc1ccccc1)c1ccccc1.O=S(=O)(O)c1cccc(-c2ccccc2)c1S(=O)(=O)O.[Na]. The second-order valence-corrected chi connectivity index (χ2v) is 9.85. The number of hydrogen-bond donors (Lipinski definition) is 2. The van der Waals surface area contributed by atoms with Gasteiger partial charge in [0, 0.05) is 35.1 Å². The minimum absolute atomic E-state index is 0. The Hall–Kier alpha value is -2.56. The van der Waals surface area contributed by atoms with Crippen molar-refractivity contribution in [2.75, 3.05) is 0 Å². The molecule has 0 saturated carbocycles. The van der Waals surface area contributed by atoms with Crippen LogP contribution in [0.2, 0.25) is 0 Å². The summed E-state index contributed by atoms with van der Waals surface area (Å²) >= 11 is 0. The van der Waals surface area contributed by atoms with E-state index in [2.05, 4.69) is 36.4 Å². The molecule has 0 amide bonds. The standard InChI is InChI=1S/C14H12.C12H10O6S2.Na/c1-3-7-13(8-4-1)11-12-14-9-5-2-6-10-14;13-19(14,15)11-8-4-7-10(12(11)20(16,17)18)9-5-2-1-3-6-9;/h1-12H;1-8H,(H,13,14,15)(H,16,17,18);. The molecule has 175 valence electrons. The monoisotopic (exact) mass is 517 g/mol. The van der Waals surface area contributed by atoms with Gasteiger partial charge in [-0.25, -0.2) is 0 Å². The Morgan fingerprint density at radius 3 is 1.34 bits per heavy atom. The van der Waals surface area contributed by atoms with Gasteiger partial charge in [0.05, 0.1) is 0 Å². The summed E-state index contributed by atoms with van der Waals surface area (Å²) in [5.74, 6) is 0. The maximum absolute atomic E-state index is 11.5. The van der Waals surface area contributed by atoms with Crippen LogP contribution in [0.25, 0.3) is 23.3 Å². The molecule has 0 unspecified atom stereocenters. The van der Waals surface area contributed by atoms with E-state index in [1.807, 2.05) is 36.4 Å². The average Bonchev–Trinajstić information content (AvgIpc) is 2.83. The van der Waals surface area contributed by atoms with Crippen LogP contribution < -0.4 is 0 Å². The molecule has 0 heterocycles. The van der Waals surface area contributed by atoms with Crippen LogP contribution in [-0.2, 0) is 20.2 Å². The number of rotatable bonds is 5. The molecule has 6 nitrogen and oxygen atoms in total. The van der Waals surface area contributed by atoms with E-state index in [1.54, 1.807) is 30.3 Å². The molecular formula is C26H22NaO6S2. The van der Waals surface area contributed by atoms with Gasteiger partial charge < -0.3 is 0 Å². The molecule has 35 heavy (non-hydrogen) atoms. The van der Waals surface area contributed by atoms with Crippen LogP contribution in [0.3, 0.4) is 0 Å². The van der Waals surface area contributed by atoms with Crippen LogP contribution in [0.1, 0.15) is 11.1 Å². The molecule has 0 atom stereocenters. The molecule has 4 aromatic carbocycles. The zero-order valence-corrected chi connectivity index (χ0v) is 22.5. The Labute approximate surface area is 227 Å². The maximum Gasteiger partial charge on any atom is 0.296 e. The number of benzene rings is 4. The zero-order valence-electron chi connectivity index (χ0n) is 18.9. The van der Waals surface area contributed by atoms with Crippen LogP contribution in [0.5, 0.6) is 0 Å². The second-order valence-electron chi connectivity index (χ2n) is 7.10. The predicted octanol–water partition coefficient (Wildman–Crippen LogP) is 5.32. The van der Waals surface area contributed by atoms with Crippen molar-refractivity contribution in [3.63, 3.8) is 0 Å². The van der Waals surface area contributed by atoms with Gasteiger partial charge in [0.15, 0.2) is 0 Å². The molecule has 4 rings (SSSR count). The Morgan fingerprint density at radius 2 is 0.943 bits per heavy atom. The second kappa shape index (κ2) is 12.9. The molecule has 2 N–H and O–H groups in total. The topological polar surface area (TPSA) is 109 Å². The van der Waals surface area contributed by atoms with Gasteiger partial charge in [0.25, 0.3) is 20.2 Å². The fourth-order valence-corrected chi connectivity index (χ4v) is 5.16. The average molecular weight is 518 g/mol. The summed E-state index contributed by atoms with van der Waals surface area (Å²) in [6.45, 7) is 0. The van der Waals surface area contributed by atoms with Crippen molar-refractivity contribution in [3.8, 4) is 11.1 Å². The van der Waals surface area contributed by atoms with Crippen molar-refractivity contribution in [1.82, 2.24) is 0 Å². The zero-order chi connectivity index (χ0) is 24.6. The predicted molar refractivity (Wildman–Crippen MR) is 139 cm³/mol. The van der Waals surface area contributed by atoms with Gasteiger partial charge in [0.2, 0.25) is 0 Å². The molecular weight excluding hydrogens is 495 g/mol. The van der Waals surface area contributed by atoms with Crippen molar-refractivity contribution in [3.05, 3.63) is 120 Å². The van der Waals surface area contributed by atoms with E-state index in [0.717, 1.165) is 6.07 Å².